The highest BCUT2D eigenvalue weighted by atomic mass is 16.5. The monoisotopic (exact) mass is 274 g/mol. The average Bonchev–Trinajstić information content (AvgIpc) is 2.37. The molecule has 0 aromatic heterocycles. The molecule has 0 aliphatic carbocycles. The molecular weight excluding hydrogens is 252 g/mol. The first-order valence-corrected chi connectivity index (χ1v) is 6.41. The van der Waals surface area contributed by atoms with Crippen molar-refractivity contribution in [3.8, 4) is 0 Å². The lowest BCUT2D eigenvalue weighted by Gasteiger charge is -2.28. The average molecular weight is 274 g/mol. The second kappa shape index (κ2) is 6.72. The van der Waals surface area contributed by atoms with Crippen molar-refractivity contribution in [3.63, 3.8) is 0 Å². The van der Waals surface area contributed by atoms with E-state index in [0.29, 0.717) is 19.1 Å². The zero-order valence-corrected chi connectivity index (χ0v) is 11.3. The first-order chi connectivity index (χ1) is 8.83. The van der Waals surface area contributed by atoms with E-state index in [-0.39, 0.29) is 12.6 Å². The van der Waals surface area contributed by atoms with Crippen LogP contribution in [0.25, 0.3) is 0 Å². The summed E-state index contributed by atoms with van der Waals surface area (Å²) in [7, 11) is 0. The van der Waals surface area contributed by atoms with Gasteiger partial charge in [-0.3, -0.25) is 0 Å². The van der Waals surface area contributed by atoms with Gasteiger partial charge in [-0.25, -0.2) is 9.59 Å². The molecule has 1 saturated heterocycles. The Bertz CT molecular complexity index is 326. The smallest absolute Gasteiger partial charge is 0.337 e. The van der Waals surface area contributed by atoms with Crippen molar-refractivity contribution < 1.29 is 24.5 Å². The molecule has 2 atom stereocenters. The number of urea groups is 1. The van der Waals surface area contributed by atoms with Crippen LogP contribution in [0.3, 0.4) is 0 Å². The molecule has 4 N–H and O–H groups in total. The van der Waals surface area contributed by atoms with Crippen molar-refractivity contribution in [3.05, 3.63) is 0 Å². The molecule has 2 unspecified atom stereocenters. The zero-order chi connectivity index (χ0) is 14.5. The van der Waals surface area contributed by atoms with E-state index in [9.17, 15) is 14.7 Å². The Hall–Kier alpha value is -1.34. The molecule has 1 heterocycles. The number of hydrogen-bond donors (Lipinski definition) is 4. The van der Waals surface area contributed by atoms with Crippen molar-refractivity contribution in [1.29, 1.82) is 0 Å². The Morgan fingerprint density at radius 1 is 1.42 bits per heavy atom. The van der Waals surface area contributed by atoms with E-state index in [1.165, 1.54) is 0 Å². The summed E-state index contributed by atoms with van der Waals surface area (Å²) in [5.41, 5.74) is -1.96. The second-order valence-corrected chi connectivity index (χ2v) is 5.14. The van der Waals surface area contributed by atoms with Crippen LogP contribution in [0.4, 0.5) is 4.79 Å². The van der Waals surface area contributed by atoms with E-state index in [2.05, 4.69) is 10.6 Å². The third-order valence-corrected chi connectivity index (χ3v) is 3.39. The number of rotatable bonds is 5. The lowest BCUT2D eigenvalue weighted by molar-refractivity contribution is -0.155. The van der Waals surface area contributed by atoms with Gasteiger partial charge in [-0.1, -0.05) is 0 Å². The van der Waals surface area contributed by atoms with E-state index in [4.69, 9.17) is 9.84 Å². The Kier molecular flexibility index (Phi) is 5.56. The number of carboxylic acids is 1. The maximum Gasteiger partial charge on any atom is 0.337 e. The van der Waals surface area contributed by atoms with Crippen LogP contribution in [0.5, 0.6) is 0 Å². The van der Waals surface area contributed by atoms with E-state index < -0.39 is 17.6 Å². The number of carbonyl (C=O) groups excluding carboxylic acids is 1. The molecule has 2 amide bonds. The van der Waals surface area contributed by atoms with Gasteiger partial charge in [-0.2, -0.15) is 0 Å². The SMILES string of the molecule is CC(NC(=O)NCC(C)(O)C(=O)O)C1CCOCC1. The molecule has 1 aliphatic heterocycles. The van der Waals surface area contributed by atoms with Crippen LogP contribution in [0, 0.1) is 5.92 Å². The second-order valence-electron chi connectivity index (χ2n) is 5.14. The molecular formula is C12H22N2O5. The fourth-order valence-electron chi connectivity index (χ4n) is 1.92. The third-order valence-electron chi connectivity index (χ3n) is 3.39. The molecule has 1 aliphatic rings. The Balaban J connectivity index is 2.32. The first kappa shape index (κ1) is 15.7. The number of aliphatic carboxylic acids is 1. The fraction of sp³-hybridized carbons (Fsp3) is 0.833. The van der Waals surface area contributed by atoms with Crippen LogP contribution in [0.15, 0.2) is 0 Å². The molecule has 1 rings (SSSR count). The lowest BCUT2D eigenvalue weighted by Crippen LogP contribution is -2.51. The molecule has 7 heteroatoms. The molecule has 0 saturated carbocycles. The quantitative estimate of drug-likeness (QED) is 0.561. The molecule has 7 nitrogen and oxygen atoms in total. The number of carbonyl (C=O) groups is 2. The summed E-state index contributed by atoms with van der Waals surface area (Å²) in [5.74, 6) is -1.01. The highest BCUT2D eigenvalue weighted by Crippen LogP contribution is 2.18. The number of nitrogens with one attached hydrogen (secondary N) is 2. The maximum atomic E-state index is 11.6. The van der Waals surface area contributed by atoms with Gasteiger partial charge in [-0.15, -0.1) is 0 Å². The summed E-state index contributed by atoms with van der Waals surface area (Å²) in [6.45, 7) is 4.11. The van der Waals surface area contributed by atoms with E-state index in [0.717, 1.165) is 19.8 Å². The normalized spacial score (nSPS) is 21.2. The van der Waals surface area contributed by atoms with Gasteiger partial charge in [0, 0.05) is 19.3 Å². The predicted octanol–water partition coefficient (Wildman–Crippen LogP) is -0.0637. The molecule has 110 valence electrons. The minimum absolute atomic E-state index is 0.0151. The van der Waals surface area contributed by atoms with Crippen LogP contribution in [0.1, 0.15) is 26.7 Å². The van der Waals surface area contributed by atoms with Crippen LogP contribution in [-0.2, 0) is 9.53 Å². The lowest BCUT2D eigenvalue weighted by atomic mass is 9.93. The van der Waals surface area contributed by atoms with E-state index >= 15 is 0 Å². The van der Waals surface area contributed by atoms with Crippen molar-refractivity contribution in [2.45, 2.75) is 38.3 Å². The molecule has 0 aromatic carbocycles. The number of carboxylic acid groups (broad SMARTS) is 1. The van der Waals surface area contributed by atoms with Crippen LogP contribution in [-0.4, -0.2) is 53.6 Å². The van der Waals surface area contributed by atoms with Crippen LogP contribution >= 0.6 is 0 Å². The summed E-state index contributed by atoms with van der Waals surface area (Å²) in [4.78, 5) is 22.3. The van der Waals surface area contributed by atoms with Crippen molar-refractivity contribution in [2.24, 2.45) is 5.92 Å². The molecule has 0 bridgehead atoms. The van der Waals surface area contributed by atoms with Crippen LogP contribution in [0.2, 0.25) is 0 Å². The van der Waals surface area contributed by atoms with Gasteiger partial charge in [0.25, 0.3) is 0 Å². The largest absolute Gasteiger partial charge is 0.479 e. The summed E-state index contributed by atoms with van der Waals surface area (Å²) >= 11 is 0. The third kappa shape index (κ3) is 5.04. The van der Waals surface area contributed by atoms with Crippen LogP contribution < -0.4 is 10.6 Å². The van der Waals surface area contributed by atoms with Gasteiger partial charge in [0.15, 0.2) is 5.60 Å². The topological polar surface area (TPSA) is 108 Å². The summed E-state index contributed by atoms with van der Waals surface area (Å²) < 4.78 is 5.25. The predicted molar refractivity (Wildman–Crippen MR) is 67.8 cm³/mol. The number of ether oxygens (including phenoxy) is 1. The van der Waals surface area contributed by atoms with Gasteiger partial charge < -0.3 is 25.6 Å². The van der Waals surface area contributed by atoms with Gasteiger partial charge in [0.2, 0.25) is 0 Å². The first-order valence-electron chi connectivity index (χ1n) is 6.41. The highest BCUT2D eigenvalue weighted by Gasteiger charge is 2.30. The van der Waals surface area contributed by atoms with Gasteiger partial charge in [0.05, 0.1) is 6.54 Å². The fourth-order valence-corrected chi connectivity index (χ4v) is 1.92. The highest BCUT2D eigenvalue weighted by molar-refractivity contribution is 5.79. The summed E-state index contributed by atoms with van der Waals surface area (Å²) in [6, 6.07) is -0.487. The van der Waals surface area contributed by atoms with Gasteiger partial charge in [0.1, 0.15) is 0 Å². The Morgan fingerprint density at radius 2 is 2.00 bits per heavy atom. The Labute approximate surface area is 112 Å². The standard InChI is InChI=1S/C12H22N2O5/c1-8(9-3-5-19-6-4-9)14-11(17)13-7-12(2,18)10(15)16/h8-9,18H,3-7H2,1-2H3,(H,15,16)(H2,13,14,17). The minimum Gasteiger partial charge on any atom is -0.479 e. The summed E-state index contributed by atoms with van der Waals surface area (Å²) in [5, 5.41) is 23.3. The summed E-state index contributed by atoms with van der Waals surface area (Å²) in [6.07, 6.45) is 1.79. The van der Waals surface area contributed by atoms with Crippen molar-refractivity contribution in [2.75, 3.05) is 19.8 Å². The number of hydrogen-bond acceptors (Lipinski definition) is 4. The zero-order valence-electron chi connectivity index (χ0n) is 11.3. The number of aliphatic hydroxyl groups is 1. The van der Waals surface area contributed by atoms with E-state index in [1.54, 1.807) is 0 Å². The van der Waals surface area contributed by atoms with Gasteiger partial charge >= 0.3 is 12.0 Å². The van der Waals surface area contributed by atoms with E-state index in [1.807, 2.05) is 6.92 Å². The molecule has 0 radical (unpaired) electrons. The minimum atomic E-state index is -1.96. The number of amides is 2. The van der Waals surface area contributed by atoms with Gasteiger partial charge in [-0.05, 0) is 32.6 Å². The molecule has 19 heavy (non-hydrogen) atoms. The van der Waals surface area contributed by atoms with Crippen molar-refractivity contribution in [1.82, 2.24) is 10.6 Å². The molecule has 1 fully saturated rings. The Morgan fingerprint density at radius 3 is 2.53 bits per heavy atom. The van der Waals surface area contributed by atoms with Crippen molar-refractivity contribution >= 4 is 12.0 Å². The molecule has 0 spiro atoms. The maximum absolute atomic E-state index is 11.6. The molecule has 0 aromatic rings.